The van der Waals surface area contributed by atoms with Gasteiger partial charge < -0.3 is 14.6 Å². The molecule has 0 aromatic carbocycles. The summed E-state index contributed by atoms with van der Waals surface area (Å²) in [5.74, 6) is -0.613. The zero-order chi connectivity index (χ0) is 9.68. The Balaban J connectivity index is 2.11. The molecule has 4 heteroatoms. The van der Waals surface area contributed by atoms with Crippen molar-refractivity contribution in [3.63, 3.8) is 0 Å². The van der Waals surface area contributed by atoms with Gasteiger partial charge in [-0.05, 0) is 25.7 Å². The summed E-state index contributed by atoms with van der Waals surface area (Å²) in [5, 5.41) is 8.77. The number of ether oxygens (including phenoxy) is 2. The van der Waals surface area contributed by atoms with E-state index in [0.29, 0.717) is 19.8 Å². The lowest BCUT2D eigenvalue weighted by Crippen LogP contribution is -2.27. The van der Waals surface area contributed by atoms with Gasteiger partial charge in [-0.15, -0.1) is 0 Å². The lowest BCUT2D eigenvalue weighted by Gasteiger charge is -2.12. The maximum Gasteiger partial charge on any atom is 0.333 e. The van der Waals surface area contributed by atoms with Crippen LogP contribution in [0.4, 0.5) is 0 Å². The molecule has 0 radical (unpaired) electrons. The first-order chi connectivity index (χ1) is 6.25. The standard InChI is InChI=1S/C9H16O4/c1-2-12-5-6-13-8(9(10)11)7-3-4-7/h7-8H,2-6H2,1H3,(H,10,11). The highest BCUT2D eigenvalue weighted by molar-refractivity contribution is 5.73. The van der Waals surface area contributed by atoms with Crippen LogP contribution in [-0.4, -0.2) is 37.0 Å². The van der Waals surface area contributed by atoms with Crippen LogP contribution in [-0.2, 0) is 14.3 Å². The van der Waals surface area contributed by atoms with Gasteiger partial charge in [0, 0.05) is 6.61 Å². The van der Waals surface area contributed by atoms with Gasteiger partial charge in [0.1, 0.15) is 0 Å². The summed E-state index contributed by atoms with van der Waals surface area (Å²) in [5.41, 5.74) is 0. The van der Waals surface area contributed by atoms with Gasteiger partial charge in [-0.3, -0.25) is 0 Å². The largest absolute Gasteiger partial charge is 0.479 e. The molecular weight excluding hydrogens is 172 g/mol. The SMILES string of the molecule is CCOCCOC(C(=O)O)C1CC1. The first-order valence-electron chi connectivity index (χ1n) is 4.68. The Morgan fingerprint density at radius 2 is 2.23 bits per heavy atom. The first kappa shape index (κ1) is 10.5. The van der Waals surface area contributed by atoms with Crippen LogP contribution in [0.15, 0.2) is 0 Å². The second kappa shape index (κ2) is 5.19. The number of aliphatic carboxylic acids is 1. The molecule has 1 fully saturated rings. The molecule has 0 bridgehead atoms. The highest BCUT2D eigenvalue weighted by Crippen LogP contribution is 2.34. The van der Waals surface area contributed by atoms with E-state index in [9.17, 15) is 4.79 Å². The van der Waals surface area contributed by atoms with Crippen LogP contribution < -0.4 is 0 Å². The van der Waals surface area contributed by atoms with E-state index < -0.39 is 12.1 Å². The molecule has 0 aromatic rings. The molecule has 0 aliphatic heterocycles. The number of rotatable bonds is 7. The summed E-state index contributed by atoms with van der Waals surface area (Å²) in [7, 11) is 0. The second-order valence-corrected chi connectivity index (χ2v) is 3.16. The molecule has 13 heavy (non-hydrogen) atoms. The lowest BCUT2D eigenvalue weighted by molar-refractivity contribution is -0.152. The zero-order valence-electron chi connectivity index (χ0n) is 7.86. The monoisotopic (exact) mass is 188 g/mol. The fourth-order valence-corrected chi connectivity index (χ4v) is 1.19. The summed E-state index contributed by atoms with van der Waals surface area (Å²) in [4.78, 5) is 10.7. The molecule has 0 saturated heterocycles. The van der Waals surface area contributed by atoms with Crippen molar-refractivity contribution in [1.82, 2.24) is 0 Å². The minimum atomic E-state index is -0.848. The van der Waals surface area contributed by atoms with E-state index in [1.807, 2.05) is 6.92 Å². The first-order valence-corrected chi connectivity index (χ1v) is 4.68. The smallest absolute Gasteiger partial charge is 0.333 e. The third-order valence-corrected chi connectivity index (χ3v) is 2.02. The average Bonchev–Trinajstić information content (AvgIpc) is 2.87. The van der Waals surface area contributed by atoms with E-state index >= 15 is 0 Å². The summed E-state index contributed by atoms with van der Waals surface area (Å²) >= 11 is 0. The van der Waals surface area contributed by atoms with Crippen molar-refractivity contribution in [3.05, 3.63) is 0 Å². The van der Waals surface area contributed by atoms with Gasteiger partial charge in [0.25, 0.3) is 0 Å². The minimum Gasteiger partial charge on any atom is -0.479 e. The van der Waals surface area contributed by atoms with E-state index in [0.717, 1.165) is 12.8 Å². The number of hydrogen-bond donors (Lipinski definition) is 1. The molecule has 1 N–H and O–H groups in total. The Bertz CT molecular complexity index is 165. The fraction of sp³-hybridized carbons (Fsp3) is 0.889. The lowest BCUT2D eigenvalue weighted by atomic mass is 10.2. The van der Waals surface area contributed by atoms with Crippen molar-refractivity contribution in [2.75, 3.05) is 19.8 Å². The highest BCUT2D eigenvalue weighted by Gasteiger charge is 2.36. The Morgan fingerprint density at radius 3 is 2.69 bits per heavy atom. The third kappa shape index (κ3) is 3.74. The molecule has 1 saturated carbocycles. The Labute approximate surface area is 77.8 Å². The Kier molecular flexibility index (Phi) is 4.18. The van der Waals surface area contributed by atoms with Crippen LogP contribution in [0, 0.1) is 5.92 Å². The molecule has 76 valence electrons. The fourth-order valence-electron chi connectivity index (χ4n) is 1.19. The van der Waals surface area contributed by atoms with E-state index in [1.54, 1.807) is 0 Å². The zero-order valence-corrected chi connectivity index (χ0v) is 7.86. The third-order valence-electron chi connectivity index (χ3n) is 2.02. The van der Waals surface area contributed by atoms with Gasteiger partial charge in [0.15, 0.2) is 6.10 Å². The highest BCUT2D eigenvalue weighted by atomic mass is 16.5. The van der Waals surface area contributed by atoms with Gasteiger partial charge in [-0.25, -0.2) is 4.79 Å². The van der Waals surface area contributed by atoms with Crippen LogP contribution >= 0.6 is 0 Å². The maximum atomic E-state index is 10.7. The van der Waals surface area contributed by atoms with E-state index in [1.165, 1.54) is 0 Å². The summed E-state index contributed by atoms with van der Waals surface area (Å²) < 4.78 is 10.3. The molecule has 1 unspecified atom stereocenters. The molecule has 4 nitrogen and oxygen atoms in total. The van der Waals surface area contributed by atoms with Crippen LogP contribution in [0.5, 0.6) is 0 Å². The number of hydrogen-bond acceptors (Lipinski definition) is 3. The molecule has 1 atom stereocenters. The van der Waals surface area contributed by atoms with Crippen LogP contribution in [0.2, 0.25) is 0 Å². The predicted octanol–water partition coefficient (Wildman–Crippen LogP) is 0.903. The van der Waals surface area contributed by atoms with Gasteiger partial charge in [-0.1, -0.05) is 0 Å². The van der Waals surface area contributed by atoms with Gasteiger partial charge >= 0.3 is 5.97 Å². The summed E-state index contributed by atoms with van der Waals surface area (Å²) in [6, 6.07) is 0. The molecule has 0 spiro atoms. The van der Waals surface area contributed by atoms with Crippen molar-refractivity contribution >= 4 is 5.97 Å². The van der Waals surface area contributed by atoms with Crippen LogP contribution in [0.25, 0.3) is 0 Å². The molecule has 1 rings (SSSR count). The minimum absolute atomic E-state index is 0.235. The van der Waals surface area contributed by atoms with E-state index in [-0.39, 0.29) is 5.92 Å². The topological polar surface area (TPSA) is 55.8 Å². The summed E-state index contributed by atoms with van der Waals surface area (Å²) in [6.07, 6.45) is 1.34. The Morgan fingerprint density at radius 1 is 1.54 bits per heavy atom. The van der Waals surface area contributed by atoms with Gasteiger partial charge in [0.05, 0.1) is 13.2 Å². The molecular formula is C9H16O4. The maximum absolute atomic E-state index is 10.7. The summed E-state index contributed by atoms with van der Waals surface area (Å²) in [6.45, 7) is 3.40. The molecule has 0 heterocycles. The van der Waals surface area contributed by atoms with Gasteiger partial charge in [0.2, 0.25) is 0 Å². The molecule has 1 aliphatic rings. The van der Waals surface area contributed by atoms with Crippen LogP contribution in [0.3, 0.4) is 0 Å². The normalized spacial score (nSPS) is 18.5. The van der Waals surface area contributed by atoms with Crippen molar-refractivity contribution in [2.45, 2.75) is 25.9 Å². The van der Waals surface area contributed by atoms with E-state index in [2.05, 4.69) is 0 Å². The molecule has 1 aliphatic carbocycles. The molecule has 0 aromatic heterocycles. The van der Waals surface area contributed by atoms with Crippen LogP contribution in [0.1, 0.15) is 19.8 Å². The quantitative estimate of drug-likeness (QED) is 0.603. The average molecular weight is 188 g/mol. The number of carbonyl (C=O) groups is 1. The predicted molar refractivity (Wildman–Crippen MR) is 46.6 cm³/mol. The van der Waals surface area contributed by atoms with Crippen molar-refractivity contribution in [1.29, 1.82) is 0 Å². The van der Waals surface area contributed by atoms with E-state index in [4.69, 9.17) is 14.6 Å². The number of carboxylic acid groups (broad SMARTS) is 1. The van der Waals surface area contributed by atoms with Gasteiger partial charge in [-0.2, -0.15) is 0 Å². The molecule has 0 amide bonds. The Hall–Kier alpha value is -0.610. The van der Waals surface area contributed by atoms with Crippen molar-refractivity contribution in [3.8, 4) is 0 Å². The number of carboxylic acids is 1. The second-order valence-electron chi connectivity index (χ2n) is 3.16. The van der Waals surface area contributed by atoms with Crippen molar-refractivity contribution < 1.29 is 19.4 Å². The van der Waals surface area contributed by atoms with Crippen molar-refractivity contribution in [2.24, 2.45) is 5.92 Å².